The van der Waals surface area contributed by atoms with Gasteiger partial charge >= 0.3 is 0 Å². The van der Waals surface area contributed by atoms with Crippen LogP contribution in [0.3, 0.4) is 0 Å². The van der Waals surface area contributed by atoms with Crippen LogP contribution < -0.4 is 10.2 Å². The summed E-state index contributed by atoms with van der Waals surface area (Å²) in [6, 6.07) is 21.1. The Balaban J connectivity index is 1.49. The average molecular weight is 1130 g/mol. The number of benzene rings is 4. The molecule has 0 atom stereocenters. The number of aromatic nitrogens is 5. The van der Waals surface area contributed by atoms with Gasteiger partial charge < -0.3 is 5.32 Å². The van der Waals surface area contributed by atoms with E-state index in [9.17, 15) is 44.2 Å². The van der Waals surface area contributed by atoms with Crippen molar-refractivity contribution in [1.29, 1.82) is 5.26 Å². The molecular weight excluding hydrogens is 1070 g/mol. The maximum Gasteiger partial charge on any atom is 0.294 e. The molecule has 398 valence electrons. The summed E-state index contributed by atoms with van der Waals surface area (Å²) >= 11 is 2.43. The molecule has 0 saturated carbocycles. The SMILES string of the molecule is Cc1cc(N(c2nc3ccc(S(=O)(=O)O)cc3s2)c2c(C(C)C)cc(S(=O)(=O)O)cc2C(C)C)nc(Nc2c(C(C)C)cc(S(=O)(=O)O)cc2C(C)C)c1N=Nc1c(C#N)c(C(C)(C)C)nn1-c1nc2ccccc2s1. The molecule has 19 nitrogen and oxygen atoms in total. The zero-order valence-electron chi connectivity index (χ0n) is 43.6. The molecular formula is C52H56N10O9S5. The van der Waals surface area contributed by atoms with Crippen molar-refractivity contribution in [2.45, 2.75) is 127 Å². The minimum absolute atomic E-state index is 0.0780. The van der Waals surface area contributed by atoms with E-state index in [4.69, 9.17) is 30.3 Å². The normalized spacial score (nSPS) is 12.9. The molecule has 8 rings (SSSR count). The van der Waals surface area contributed by atoms with Crippen LogP contribution in [-0.4, -0.2) is 63.6 Å². The first-order chi connectivity index (χ1) is 35.4. The summed E-state index contributed by atoms with van der Waals surface area (Å²) in [5.41, 5.74) is 4.55. The molecule has 0 fully saturated rings. The van der Waals surface area contributed by atoms with E-state index in [0.717, 1.165) is 16.0 Å². The third-order valence-corrected chi connectivity index (χ3v) is 17.0. The van der Waals surface area contributed by atoms with Gasteiger partial charge in [-0.15, -0.1) is 10.2 Å². The molecule has 0 spiro atoms. The maximum absolute atomic E-state index is 12.9. The van der Waals surface area contributed by atoms with Crippen molar-refractivity contribution < 1.29 is 38.9 Å². The molecule has 0 radical (unpaired) electrons. The molecule has 4 aromatic heterocycles. The highest BCUT2D eigenvalue weighted by Gasteiger charge is 2.33. The van der Waals surface area contributed by atoms with Crippen LogP contribution in [0.2, 0.25) is 0 Å². The lowest BCUT2D eigenvalue weighted by molar-refractivity contribution is 0.480. The highest BCUT2D eigenvalue weighted by molar-refractivity contribution is 7.86. The molecule has 0 aliphatic rings. The van der Waals surface area contributed by atoms with Gasteiger partial charge in [-0.3, -0.25) is 18.6 Å². The lowest BCUT2D eigenvalue weighted by atomic mass is 9.90. The van der Waals surface area contributed by atoms with Crippen molar-refractivity contribution in [3.05, 3.63) is 112 Å². The number of azo groups is 1. The van der Waals surface area contributed by atoms with Crippen LogP contribution in [0.25, 0.3) is 25.6 Å². The minimum Gasteiger partial charge on any atom is -0.338 e. The van der Waals surface area contributed by atoms with Crippen LogP contribution in [-0.2, 0) is 35.8 Å². The second kappa shape index (κ2) is 20.4. The summed E-state index contributed by atoms with van der Waals surface area (Å²) in [5.74, 6) is -1.08. The van der Waals surface area contributed by atoms with E-state index in [-0.39, 0.29) is 72.2 Å². The quantitative estimate of drug-likeness (QED) is 0.0548. The fourth-order valence-corrected chi connectivity index (χ4v) is 12.3. The van der Waals surface area contributed by atoms with Gasteiger partial charge in [0.25, 0.3) is 30.4 Å². The van der Waals surface area contributed by atoms with Crippen molar-refractivity contribution in [1.82, 2.24) is 24.7 Å². The Morgan fingerprint density at radius 3 is 1.72 bits per heavy atom. The van der Waals surface area contributed by atoms with Crippen molar-refractivity contribution in [3.8, 4) is 11.2 Å². The lowest BCUT2D eigenvalue weighted by Gasteiger charge is -2.30. The van der Waals surface area contributed by atoms with Gasteiger partial charge in [0.1, 0.15) is 23.1 Å². The first kappa shape index (κ1) is 55.7. The molecule has 0 amide bonds. The molecule has 0 saturated heterocycles. The van der Waals surface area contributed by atoms with Crippen LogP contribution >= 0.6 is 22.7 Å². The highest BCUT2D eigenvalue weighted by atomic mass is 32.2. The molecule has 4 heterocycles. The summed E-state index contributed by atoms with van der Waals surface area (Å²) in [4.78, 5) is 15.9. The van der Waals surface area contributed by atoms with Crippen molar-refractivity contribution in [2.75, 3.05) is 10.2 Å². The van der Waals surface area contributed by atoms with Gasteiger partial charge in [-0.2, -0.15) is 40.3 Å². The number of nitrogens with one attached hydrogen (secondary N) is 1. The maximum atomic E-state index is 12.9. The number of nitrogens with zero attached hydrogens (tertiary/aromatic N) is 9. The summed E-state index contributed by atoms with van der Waals surface area (Å²) in [7, 11) is -14.0. The number of anilines is 5. The Bertz CT molecular complexity index is 3960. The number of thiazole rings is 2. The van der Waals surface area contributed by atoms with Gasteiger partial charge in [0.05, 0.1) is 46.5 Å². The molecule has 4 aromatic carbocycles. The number of para-hydroxylation sites is 1. The summed E-state index contributed by atoms with van der Waals surface area (Å²) in [6.45, 7) is 22.5. The van der Waals surface area contributed by atoms with Crippen LogP contribution in [0, 0.1) is 18.3 Å². The summed E-state index contributed by atoms with van der Waals surface area (Å²) in [6.07, 6.45) is 0. The van der Waals surface area contributed by atoms with Crippen LogP contribution in [0.1, 0.15) is 139 Å². The van der Waals surface area contributed by atoms with E-state index in [2.05, 4.69) is 11.4 Å². The summed E-state index contributed by atoms with van der Waals surface area (Å²) < 4.78 is 110. The van der Waals surface area contributed by atoms with Gasteiger partial charge in [-0.25, -0.2) is 15.0 Å². The number of fused-ring (bicyclic) bond motifs is 2. The Morgan fingerprint density at radius 2 is 1.21 bits per heavy atom. The zero-order chi connectivity index (χ0) is 55.7. The average Bonchev–Trinajstić information content (AvgIpc) is 4.05. The highest BCUT2D eigenvalue weighted by Crippen LogP contribution is 2.49. The molecule has 8 aromatic rings. The molecule has 24 heteroatoms. The van der Waals surface area contributed by atoms with Gasteiger partial charge in [-0.1, -0.05) is 111 Å². The Kier molecular flexibility index (Phi) is 15.0. The largest absolute Gasteiger partial charge is 0.338 e. The van der Waals surface area contributed by atoms with Gasteiger partial charge in [0, 0.05) is 11.1 Å². The second-order valence-corrected chi connectivity index (χ2v) is 26.8. The number of nitriles is 1. The monoisotopic (exact) mass is 1120 g/mol. The zero-order valence-corrected chi connectivity index (χ0v) is 47.7. The number of hydrogen-bond acceptors (Lipinski definition) is 17. The predicted octanol–water partition coefficient (Wildman–Crippen LogP) is 13.8. The Hall–Kier alpha value is -6.56. The van der Waals surface area contributed by atoms with E-state index in [1.54, 1.807) is 17.9 Å². The lowest BCUT2D eigenvalue weighted by Crippen LogP contribution is -2.18. The van der Waals surface area contributed by atoms with Crippen LogP contribution in [0.4, 0.5) is 39.6 Å². The molecule has 0 unspecified atom stereocenters. The molecule has 0 aliphatic heterocycles. The van der Waals surface area contributed by atoms with Gasteiger partial charge in [-0.05, 0) is 119 Å². The number of hydrogen-bond donors (Lipinski definition) is 4. The first-order valence-corrected chi connectivity index (χ1v) is 29.9. The van der Waals surface area contributed by atoms with Gasteiger partial charge in [0.2, 0.25) is 5.13 Å². The topological polar surface area (TPSA) is 283 Å². The standard InChI is InChI=1S/C52H56N10O9S5/c1-26(2)34-20-32(75(66,67)68)21-35(27(3)4)45(34)57-48-44(58-59-49-38(25-53)47(52(10,11)12)60-62(49)51-55-39-15-13-14-16-41(39)72-51)30(9)19-43(56-48)61(50-54-40-18-17-31(74(63,64)65)24-42(40)73-50)46-36(28(5)6)22-33(76(69,70)71)23-37(46)29(7)8/h13-24,26-29H,1-12H3,(H,56,57)(H,63,64,65)(H,66,67,68)(H,69,70,71). The van der Waals surface area contributed by atoms with Crippen LogP contribution in [0.15, 0.2) is 97.7 Å². The van der Waals surface area contributed by atoms with Crippen molar-refractivity contribution in [2.24, 2.45) is 10.2 Å². The molecule has 4 N–H and O–H groups in total. The predicted molar refractivity (Wildman–Crippen MR) is 297 cm³/mol. The van der Waals surface area contributed by atoms with E-state index in [1.165, 1.54) is 58.5 Å². The first-order valence-electron chi connectivity index (χ1n) is 24.0. The fraction of sp³-hybridized carbons (Fsp3) is 0.327. The number of rotatable bonds is 15. The van der Waals surface area contributed by atoms with Crippen molar-refractivity contribution >= 4 is 113 Å². The Labute approximate surface area is 449 Å². The van der Waals surface area contributed by atoms with Gasteiger partial charge in [0.15, 0.2) is 16.8 Å². The minimum atomic E-state index is -4.73. The third-order valence-electron chi connectivity index (χ3n) is 12.5. The molecule has 0 aliphatic carbocycles. The smallest absolute Gasteiger partial charge is 0.294 e. The molecule has 0 bridgehead atoms. The molecule has 76 heavy (non-hydrogen) atoms. The van der Waals surface area contributed by atoms with Crippen LogP contribution in [0.5, 0.6) is 0 Å². The van der Waals surface area contributed by atoms with E-state index in [0.29, 0.717) is 65.8 Å². The summed E-state index contributed by atoms with van der Waals surface area (Å²) in [5, 5.41) is 29.6. The fourth-order valence-electron chi connectivity index (χ4n) is 8.66. The number of pyridine rings is 1. The second-order valence-electron chi connectivity index (χ2n) is 20.5. The number of aryl methyl sites for hydroxylation is 1. The van der Waals surface area contributed by atoms with E-state index in [1.807, 2.05) is 100 Å². The third kappa shape index (κ3) is 11.0. The van der Waals surface area contributed by atoms with E-state index >= 15 is 0 Å². The van der Waals surface area contributed by atoms with E-state index < -0.39 is 35.8 Å². The van der Waals surface area contributed by atoms with Crippen molar-refractivity contribution in [3.63, 3.8) is 0 Å². The Morgan fingerprint density at radius 1 is 0.671 bits per heavy atom.